The molecule has 0 aliphatic heterocycles. The lowest BCUT2D eigenvalue weighted by atomic mass is 10.2. The van der Waals surface area contributed by atoms with Crippen molar-refractivity contribution in [3.63, 3.8) is 0 Å². The average molecular weight is 265 g/mol. The first-order valence-corrected chi connectivity index (χ1v) is 6.13. The van der Waals surface area contributed by atoms with Gasteiger partial charge in [0.05, 0.1) is 5.56 Å². The van der Waals surface area contributed by atoms with Gasteiger partial charge in [-0.3, -0.25) is 4.79 Å². The van der Waals surface area contributed by atoms with Gasteiger partial charge in [0.25, 0.3) is 0 Å². The fourth-order valence-electron chi connectivity index (χ4n) is 1.58. The van der Waals surface area contributed by atoms with Crippen molar-refractivity contribution < 1.29 is 14.7 Å². The van der Waals surface area contributed by atoms with Crippen LogP contribution >= 0.6 is 0 Å². The first-order valence-electron chi connectivity index (χ1n) is 6.13. The van der Waals surface area contributed by atoms with Crippen LogP contribution in [0.1, 0.15) is 36.3 Å². The lowest BCUT2D eigenvalue weighted by Gasteiger charge is -2.10. The van der Waals surface area contributed by atoms with Gasteiger partial charge in [0, 0.05) is 24.7 Å². The molecular formula is C13H19N3O3. The first kappa shape index (κ1) is 14.9. The zero-order valence-electron chi connectivity index (χ0n) is 11.4. The molecule has 0 radical (unpaired) electrons. The Morgan fingerprint density at radius 1 is 1.37 bits per heavy atom. The first-order chi connectivity index (χ1) is 8.88. The number of rotatable bonds is 6. The van der Waals surface area contributed by atoms with E-state index in [1.165, 1.54) is 12.1 Å². The largest absolute Gasteiger partial charge is 0.478 e. The van der Waals surface area contributed by atoms with Crippen LogP contribution < -0.4 is 10.6 Å². The van der Waals surface area contributed by atoms with Gasteiger partial charge in [-0.25, -0.2) is 9.78 Å². The molecule has 3 N–H and O–H groups in total. The Balaban J connectivity index is 2.54. The predicted octanol–water partition coefficient (Wildman–Crippen LogP) is 1.41. The Bertz CT molecular complexity index is 472. The highest BCUT2D eigenvalue weighted by atomic mass is 16.4. The van der Waals surface area contributed by atoms with Crippen LogP contribution in [0.2, 0.25) is 0 Å². The van der Waals surface area contributed by atoms with Gasteiger partial charge in [-0.1, -0.05) is 0 Å². The molecule has 1 rings (SSSR count). The third-order valence-corrected chi connectivity index (χ3v) is 2.31. The Morgan fingerprint density at radius 3 is 2.63 bits per heavy atom. The summed E-state index contributed by atoms with van der Waals surface area (Å²) in [6, 6.07) is 3.07. The molecular weight excluding hydrogens is 246 g/mol. The quantitative estimate of drug-likeness (QED) is 0.723. The van der Waals surface area contributed by atoms with Gasteiger partial charge in [0.2, 0.25) is 5.91 Å². The van der Waals surface area contributed by atoms with E-state index in [4.69, 9.17) is 5.11 Å². The highest BCUT2D eigenvalue weighted by Gasteiger charge is 2.07. The highest BCUT2D eigenvalue weighted by molar-refractivity contribution is 5.88. The van der Waals surface area contributed by atoms with E-state index in [2.05, 4.69) is 15.6 Å². The van der Waals surface area contributed by atoms with E-state index in [0.29, 0.717) is 24.5 Å². The van der Waals surface area contributed by atoms with Gasteiger partial charge in [-0.05, 0) is 32.9 Å². The number of nitrogens with zero attached hydrogens (tertiary/aromatic N) is 1. The summed E-state index contributed by atoms with van der Waals surface area (Å²) in [5.74, 6) is -0.575. The summed E-state index contributed by atoms with van der Waals surface area (Å²) in [6.07, 6.45) is 0.316. The SMILES string of the molecule is Cc1cc(C(=O)O)cc(NCCC(=O)NC(C)C)n1. The minimum absolute atomic E-state index is 0.0476. The molecule has 0 fully saturated rings. The number of anilines is 1. The molecule has 0 aliphatic rings. The van der Waals surface area contributed by atoms with Gasteiger partial charge in [0.15, 0.2) is 0 Å². The molecule has 0 saturated carbocycles. The van der Waals surface area contributed by atoms with E-state index < -0.39 is 5.97 Å². The monoisotopic (exact) mass is 265 g/mol. The van der Waals surface area contributed by atoms with Crippen molar-refractivity contribution in [1.82, 2.24) is 10.3 Å². The third-order valence-electron chi connectivity index (χ3n) is 2.31. The third kappa shape index (κ3) is 5.37. The number of aryl methyl sites for hydroxylation is 1. The summed E-state index contributed by atoms with van der Waals surface area (Å²) in [5, 5.41) is 14.7. The maximum absolute atomic E-state index is 11.4. The Labute approximate surface area is 112 Å². The van der Waals surface area contributed by atoms with E-state index in [1.54, 1.807) is 6.92 Å². The normalized spacial score (nSPS) is 10.3. The van der Waals surface area contributed by atoms with Crippen molar-refractivity contribution in [2.45, 2.75) is 33.2 Å². The van der Waals surface area contributed by atoms with Crippen LogP contribution in [0.5, 0.6) is 0 Å². The second-order valence-electron chi connectivity index (χ2n) is 4.59. The van der Waals surface area contributed by atoms with Crippen molar-refractivity contribution >= 4 is 17.7 Å². The van der Waals surface area contributed by atoms with Crippen molar-refractivity contribution in [3.8, 4) is 0 Å². The van der Waals surface area contributed by atoms with Gasteiger partial charge in [-0.2, -0.15) is 0 Å². The minimum atomic E-state index is -0.994. The predicted molar refractivity (Wildman–Crippen MR) is 72.3 cm³/mol. The molecule has 0 unspecified atom stereocenters. The number of nitrogens with one attached hydrogen (secondary N) is 2. The number of amides is 1. The van der Waals surface area contributed by atoms with Crippen LogP contribution in [0.25, 0.3) is 0 Å². The van der Waals surface area contributed by atoms with E-state index in [0.717, 1.165) is 0 Å². The molecule has 6 heteroatoms. The molecule has 104 valence electrons. The maximum atomic E-state index is 11.4. The molecule has 0 bridgehead atoms. The molecule has 0 saturated heterocycles. The number of carboxylic acids is 1. The van der Waals surface area contributed by atoms with E-state index >= 15 is 0 Å². The lowest BCUT2D eigenvalue weighted by Crippen LogP contribution is -2.31. The topological polar surface area (TPSA) is 91.3 Å². The number of aromatic carboxylic acids is 1. The highest BCUT2D eigenvalue weighted by Crippen LogP contribution is 2.10. The van der Waals surface area contributed by atoms with E-state index in [-0.39, 0.29) is 17.5 Å². The van der Waals surface area contributed by atoms with E-state index in [1.807, 2.05) is 13.8 Å². The number of pyridine rings is 1. The summed E-state index contributed by atoms with van der Waals surface area (Å²) in [6.45, 7) is 5.93. The lowest BCUT2D eigenvalue weighted by molar-refractivity contribution is -0.121. The summed E-state index contributed by atoms with van der Waals surface area (Å²) in [4.78, 5) is 26.5. The number of carboxylic acid groups (broad SMARTS) is 1. The summed E-state index contributed by atoms with van der Waals surface area (Å²) in [7, 11) is 0. The van der Waals surface area contributed by atoms with Gasteiger partial charge < -0.3 is 15.7 Å². The van der Waals surface area contributed by atoms with Crippen molar-refractivity contribution in [1.29, 1.82) is 0 Å². The standard InChI is InChI=1S/C13H19N3O3/c1-8(2)15-12(17)4-5-14-11-7-10(13(18)19)6-9(3)16-11/h6-8H,4-5H2,1-3H3,(H,14,16)(H,15,17)(H,18,19). The molecule has 1 aromatic rings. The van der Waals surface area contributed by atoms with Crippen LogP contribution in [0.15, 0.2) is 12.1 Å². The Morgan fingerprint density at radius 2 is 2.05 bits per heavy atom. The van der Waals surface area contributed by atoms with Crippen LogP contribution in [0.4, 0.5) is 5.82 Å². The number of carbonyl (C=O) groups is 2. The van der Waals surface area contributed by atoms with Crippen LogP contribution in [0.3, 0.4) is 0 Å². The van der Waals surface area contributed by atoms with Crippen LogP contribution in [0, 0.1) is 6.92 Å². The molecule has 19 heavy (non-hydrogen) atoms. The number of hydrogen-bond donors (Lipinski definition) is 3. The number of carbonyl (C=O) groups excluding carboxylic acids is 1. The number of aromatic nitrogens is 1. The molecule has 0 aliphatic carbocycles. The zero-order chi connectivity index (χ0) is 14.4. The van der Waals surface area contributed by atoms with Gasteiger partial charge in [0.1, 0.15) is 5.82 Å². The smallest absolute Gasteiger partial charge is 0.335 e. The van der Waals surface area contributed by atoms with Crippen molar-refractivity contribution in [3.05, 3.63) is 23.4 Å². The van der Waals surface area contributed by atoms with E-state index in [9.17, 15) is 9.59 Å². The Kier molecular flexibility index (Phi) is 5.29. The molecule has 6 nitrogen and oxygen atoms in total. The molecule has 1 amide bonds. The summed E-state index contributed by atoms with van der Waals surface area (Å²) in [5.41, 5.74) is 0.802. The fourth-order valence-corrected chi connectivity index (χ4v) is 1.58. The van der Waals surface area contributed by atoms with Crippen molar-refractivity contribution in [2.24, 2.45) is 0 Å². The average Bonchev–Trinajstić information content (AvgIpc) is 2.27. The number of hydrogen-bond acceptors (Lipinski definition) is 4. The molecule has 0 atom stereocenters. The molecule has 0 spiro atoms. The van der Waals surface area contributed by atoms with Crippen LogP contribution in [-0.2, 0) is 4.79 Å². The molecule has 0 aromatic carbocycles. The van der Waals surface area contributed by atoms with Gasteiger partial charge in [-0.15, -0.1) is 0 Å². The Hall–Kier alpha value is -2.11. The van der Waals surface area contributed by atoms with Crippen molar-refractivity contribution in [2.75, 3.05) is 11.9 Å². The second kappa shape index (κ2) is 6.72. The maximum Gasteiger partial charge on any atom is 0.335 e. The molecule has 1 aromatic heterocycles. The zero-order valence-corrected chi connectivity index (χ0v) is 11.4. The second-order valence-corrected chi connectivity index (χ2v) is 4.59. The summed E-state index contributed by atoms with van der Waals surface area (Å²) >= 11 is 0. The fraction of sp³-hybridized carbons (Fsp3) is 0.462. The summed E-state index contributed by atoms with van der Waals surface area (Å²) < 4.78 is 0. The molecule has 1 heterocycles. The minimum Gasteiger partial charge on any atom is -0.478 e. The van der Waals surface area contributed by atoms with Crippen LogP contribution in [-0.4, -0.2) is 34.6 Å². The van der Waals surface area contributed by atoms with Gasteiger partial charge >= 0.3 is 5.97 Å².